The quantitative estimate of drug-likeness (QED) is 0.785. The lowest BCUT2D eigenvalue weighted by Gasteiger charge is -2.23. The van der Waals surface area contributed by atoms with Crippen LogP contribution < -0.4 is 5.73 Å². The molecule has 0 aliphatic rings. The molecule has 1 rings (SSSR count). The number of aromatic nitrogens is 2. The molecule has 0 spiro atoms. The fourth-order valence-electron chi connectivity index (χ4n) is 1.53. The normalized spacial score (nSPS) is 12.5. The van der Waals surface area contributed by atoms with Crippen LogP contribution in [0.25, 0.3) is 0 Å². The second-order valence-electron chi connectivity index (χ2n) is 4.01. The zero-order chi connectivity index (χ0) is 12.1. The molecule has 0 aliphatic heterocycles. The summed E-state index contributed by atoms with van der Waals surface area (Å²) in [6.45, 7) is 5.51. The summed E-state index contributed by atoms with van der Waals surface area (Å²) in [5.74, 6) is -0.00882. The number of rotatable bonds is 5. The maximum atomic E-state index is 11.9. The number of hydrogen-bond acceptors (Lipinski definition) is 3. The maximum Gasteiger partial charge on any atom is 0.226 e. The Morgan fingerprint density at radius 3 is 2.81 bits per heavy atom. The van der Waals surface area contributed by atoms with Crippen molar-refractivity contribution in [1.29, 1.82) is 0 Å². The predicted octanol–water partition coefficient (Wildman–Crippen LogP) is 0.363. The Bertz CT molecular complexity index is 348. The van der Waals surface area contributed by atoms with Gasteiger partial charge in [0.05, 0.1) is 6.20 Å². The molecule has 90 valence electrons. The van der Waals surface area contributed by atoms with Crippen LogP contribution in [-0.2, 0) is 18.4 Å². The van der Waals surface area contributed by atoms with Crippen molar-refractivity contribution in [3.05, 3.63) is 18.0 Å². The van der Waals surface area contributed by atoms with Gasteiger partial charge in [0.25, 0.3) is 0 Å². The van der Waals surface area contributed by atoms with Crippen molar-refractivity contribution < 1.29 is 4.79 Å². The average Bonchev–Trinajstić information content (AvgIpc) is 2.69. The van der Waals surface area contributed by atoms with Gasteiger partial charge in [0, 0.05) is 44.4 Å². The van der Waals surface area contributed by atoms with Gasteiger partial charge in [-0.25, -0.2) is 0 Å². The zero-order valence-corrected chi connectivity index (χ0v) is 10.2. The lowest BCUT2D eigenvalue weighted by molar-refractivity contribution is -0.135. The predicted molar refractivity (Wildman–Crippen MR) is 62.5 cm³/mol. The van der Waals surface area contributed by atoms with E-state index in [1.165, 1.54) is 0 Å². The van der Waals surface area contributed by atoms with Crippen molar-refractivity contribution in [2.24, 2.45) is 18.7 Å². The number of nitrogens with zero attached hydrogens (tertiary/aromatic N) is 3. The molecule has 0 saturated heterocycles. The highest BCUT2D eigenvalue weighted by molar-refractivity contribution is 5.78. The van der Waals surface area contributed by atoms with E-state index in [2.05, 4.69) is 5.10 Å². The highest BCUT2D eigenvalue weighted by atomic mass is 16.2. The summed E-state index contributed by atoms with van der Waals surface area (Å²) in [5.41, 5.74) is 6.54. The van der Waals surface area contributed by atoms with E-state index in [9.17, 15) is 4.79 Å². The molecule has 16 heavy (non-hydrogen) atoms. The highest BCUT2D eigenvalue weighted by Crippen LogP contribution is 2.07. The van der Waals surface area contributed by atoms with Crippen LogP contribution >= 0.6 is 0 Å². The molecule has 0 radical (unpaired) electrons. The summed E-state index contributed by atoms with van der Waals surface area (Å²) in [4.78, 5) is 13.7. The minimum Gasteiger partial charge on any atom is -0.338 e. The van der Waals surface area contributed by atoms with E-state index in [1.54, 1.807) is 15.8 Å². The first kappa shape index (κ1) is 12.7. The zero-order valence-electron chi connectivity index (χ0n) is 10.2. The molecule has 1 aromatic heterocycles. The largest absolute Gasteiger partial charge is 0.338 e. The summed E-state index contributed by atoms with van der Waals surface area (Å²) < 4.78 is 1.74. The van der Waals surface area contributed by atoms with Gasteiger partial charge in [0.1, 0.15) is 0 Å². The van der Waals surface area contributed by atoms with Gasteiger partial charge < -0.3 is 10.6 Å². The molecule has 0 saturated carbocycles. The molecule has 1 heterocycles. The fraction of sp³-hybridized carbons (Fsp3) is 0.636. The third-order valence-corrected chi connectivity index (χ3v) is 2.60. The summed E-state index contributed by atoms with van der Waals surface area (Å²) in [5, 5.41) is 4.08. The second kappa shape index (κ2) is 5.65. The molecular weight excluding hydrogens is 204 g/mol. The highest BCUT2D eigenvalue weighted by Gasteiger charge is 2.18. The van der Waals surface area contributed by atoms with Crippen molar-refractivity contribution in [1.82, 2.24) is 14.7 Å². The van der Waals surface area contributed by atoms with Crippen molar-refractivity contribution in [2.75, 3.05) is 13.1 Å². The molecule has 0 bridgehead atoms. The van der Waals surface area contributed by atoms with Gasteiger partial charge in [-0.05, 0) is 6.92 Å². The summed E-state index contributed by atoms with van der Waals surface area (Å²) in [6.07, 6.45) is 3.70. The lowest BCUT2D eigenvalue weighted by Crippen LogP contribution is -2.37. The molecule has 2 N–H and O–H groups in total. The molecule has 0 fully saturated rings. The molecule has 0 aromatic carbocycles. The number of nitrogens with two attached hydrogens (primary N) is 1. The molecule has 5 heteroatoms. The Labute approximate surface area is 96.2 Å². The van der Waals surface area contributed by atoms with Crippen LogP contribution in [-0.4, -0.2) is 33.7 Å². The Hall–Kier alpha value is -1.36. The first-order chi connectivity index (χ1) is 7.58. The molecule has 0 aliphatic carbocycles. The lowest BCUT2D eigenvalue weighted by atomic mass is 10.1. The van der Waals surface area contributed by atoms with Crippen LogP contribution in [0.2, 0.25) is 0 Å². The fourth-order valence-corrected chi connectivity index (χ4v) is 1.53. The Kier molecular flexibility index (Phi) is 4.49. The van der Waals surface area contributed by atoms with Gasteiger partial charge >= 0.3 is 0 Å². The van der Waals surface area contributed by atoms with Gasteiger partial charge in [-0.15, -0.1) is 0 Å². The maximum absolute atomic E-state index is 11.9. The summed E-state index contributed by atoms with van der Waals surface area (Å²) in [7, 11) is 1.87. The second-order valence-corrected chi connectivity index (χ2v) is 4.01. The van der Waals surface area contributed by atoms with Crippen LogP contribution in [0.1, 0.15) is 19.4 Å². The average molecular weight is 224 g/mol. The minimum atomic E-state index is -0.114. The third kappa shape index (κ3) is 3.06. The third-order valence-electron chi connectivity index (χ3n) is 2.60. The molecule has 1 aromatic rings. The van der Waals surface area contributed by atoms with Crippen molar-refractivity contribution in [3.63, 3.8) is 0 Å². The smallest absolute Gasteiger partial charge is 0.226 e. The topological polar surface area (TPSA) is 64.2 Å². The van der Waals surface area contributed by atoms with Gasteiger partial charge in [-0.2, -0.15) is 5.10 Å². The molecule has 1 unspecified atom stereocenters. The van der Waals surface area contributed by atoms with Crippen molar-refractivity contribution in [3.8, 4) is 0 Å². The van der Waals surface area contributed by atoms with E-state index in [0.29, 0.717) is 19.6 Å². The number of carbonyl (C=O) groups excluding carboxylic acids is 1. The van der Waals surface area contributed by atoms with E-state index in [0.717, 1.165) is 5.56 Å². The number of hydrogen-bond donors (Lipinski definition) is 1. The van der Waals surface area contributed by atoms with E-state index in [-0.39, 0.29) is 11.8 Å². The monoisotopic (exact) mass is 224 g/mol. The SMILES string of the molecule is CCN(Cc1cnn(C)c1)C(=O)C(C)CN. The minimum absolute atomic E-state index is 0.105. The first-order valence-electron chi connectivity index (χ1n) is 5.54. The van der Waals surface area contributed by atoms with Crippen LogP contribution in [0.5, 0.6) is 0 Å². The number of amides is 1. The summed E-state index contributed by atoms with van der Waals surface area (Å²) >= 11 is 0. The van der Waals surface area contributed by atoms with Gasteiger partial charge in [-0.1, -0.05) is 6.92 Å². The van der Waals surface area contributed by atoms with Gasteiger partial charge in [-0.3, -0.25) is 9.48 Å². The van der Waals surface area contributed by atoms with Crippen molar-refractivity contribution >= 4 is 5.91 Å². The number of carbonyl (C=O) groups is 1. The molecule has 1 atom stereocenters. The Morgan fingerprint density at radius 2 is 2.38 bits per heavy atom. The molecular formula is C11H20N4O. The van der Waals surface area contributed by atoms with Gasteiger partial charge in [0.15, 0.2) is 0 Å². The molecule has 1 amide bonds. The standard InChI is InChI=1S/C11H20N4O/c1-4-15(11(16)9(2)5-12)8-10-6-13-14(3)7-10/h6-7,9H,4-5,8,12H2,1-3H3. The van der Waals surface area contributed by atoms with Crippen LogP contribution in [0.15, 0.2) is 12.4 Å². The van der Waals surface area contributed by atoms with Crippen LogP contribution in [0, 0.1) is 5.92 Å². The Morgan fingerprint density at radius 1 is 1.69 bits per heavy atom. The Balaban J connectivity index is 2.65. The van der Waals surface area contributed by atoms with E-state index in [1.807, 2.05) is 27.1 Å². The van der Waals surface area contributed by atoms with Crippen LogP contribution in [0.4, 0.5) is 0 Å². The van der Waals surface area contributed by atoms with E-state index >= 15 is 0 Å². The van der Waals surface area contributed by atoms with Crippen LogP contribution in [0.3, 0.4) is 0 Å². The van der Waals surface area contributed by atoms with E-state index < -0.39 is 0 Å². The van der Waals surface area contributed by atoms with E-state index in [4.69, 9.17) is 5.73 Å². The summed E-state index contributed by atoms with van der Waals surface area (Å²) in [6, 6.07) is 0. The number of aryl methyl sites for hydroxylation is 1. The first-order valence-corrected chi connectivity index (χ1v) is 5.54. The van der Waals surface area contributed by atoms with Gasteiger partial charge in [0.2, 0.25) is 5.91 Å². The van der Waals surface area contributed by atoms with Crippen molar-refractivity contribution in [2.45, 2.75) is 20.4 Å². The molecule has 5 nitrogen and oxygen atoms in total.